The molecule has 1 atom stereocenters. The predicted octanol–water partition coefficient (Wildman–Crippen LogP) is 2.83. The summed E-state index contributed by atoms with van der Waals surface area (Å²) in [6, 6.07) is 2.84. The van der Waals surface area contributed by atoms with Gasteiger partial charge in [0.1, 0.15) is 17.0 Å². The van der Waals surface area contributed by atoms with Crippen LogP contribution in [0.5, 0.6) is 0 Å². The van der Waals surface area contributed by atoms with Crippen LogP contribution >= 0.6 is 11.3 Å². The Morgan fingerprint density at radius 2 is 2.30 bits per heavy atom. The van der Waals surface area contributed by atoms with Crippen molar-refractivity contribution in [2.24, 2.45) is 0 Å². The van der Waals surface area contributed by atoms with Crippen LogP contribution in [0.25, 0.3) is 10.2 Å². The van der Waals surface area contributed by atoms with E-state index in [2.05, 4.69) is 40.1 Å². The Balaban J connectivity index is 1.94. The van der Waals surface area contributed by atoms with Crippen LogP contribution in [0.4, 0.5) is 5.82 Å². The Morgan fingerprint density at radius 3 is 3.10 bits per heavy atom. The zero-order valence-corrected chi connectivity index (χ0v) is 13.0. The number of hydrogen-bond acceptors (Lipinski definition) is 5. The van der Waals surface area contributed by atoms with Crippen LogP contribution in [0.2, 0.25) is 0 Å². The van der Waals surface area contributed by atoms with Gasteiger partial charge in [-0.15, -0.1) is 11.3 Å². The van der Waals surface area contributed by atoms with Gasteiger partial charge in [0.15, 0.2) is 0 Å². The number of nitrogens with one attached hydrogen (secondary N) is 1. The van der Waals surface area contributed by atoms with Crippen molar-refractivity contribution in [3.8, 4) is 0 Å². The number of likely N-dealkylation sites (N-methyl/N-ethyl adjacent to an activating group) is 1. The number of hydrogen-bond donors (Lipinski definition) is 1. The molecule has 0 aromatic carbocycles. The molecule has 2 aromatic rings. The minimum Gasteiger partial charge on any atom is -0.352 e. The maximum absolute atomic E-state index is 4.59. The first kappa shape index (κ1) is 13.8. The number of aromatic nitrogens is 2. The van der Waals surface area contributed by atoms with Gasteiger partial charge in [-0.2, -0.15) is 0 Å². The van der Waals surface area contributed by atoms with Crippen LogP contribution in [0.15, 0.2) is 12.4 Å². The second-order valence-corrected chi connectivity index (χ2v) is 6.39. The van der Waals surface area contributed by atoms with Gasteiger partial charge in [-0.3, -0.25) is 0 Å². The lowest BCUT2D eigenvalue weighted by Crippen LogP contribution is -2.38. The number of thiophene rings is 1. The number of anilines is 1. The highest BCUT2D eigenvalue weighted by Crippen LogP contribution is 2.33. The molecule has 20 heavy (non-hydrogen) atoms. The molecular weight excluding hydrogens is 268 g/mol. The van der Waals surface area contributed by atoms with E-state index in [1.807, 2.05) is 0 Å². The molecule has 0 saturated carbocycles. The Kier molecular flexibility index (Phi) is 4.17. The molecular formula is C15H22N4S. The smallest absolute Gasteiger partial charge is 0.141 e. The van der Waals surface area contributed by atoms with E-state index in [4.69, 9.17) is 0 Å². The average molecular weight is 290 g/mol. The molecule has 1 aliphatic heterocycles. The van der Waals surface area contributed by atoms with E-state index in [0.717, 1.165) is 36.7 Å². The van der Waals surface area contributed by atoms with E-state index in [-0.39, 0.29) is 0 Å². The summed E-state index contributed by atoms with van der Waals surface area (Å²) in [7, 11) is 0. The van der Waals surface area contributed by atoms with Crippen molar-refractivity contribution in [1.82, 2.24) is 15.3 Å². The third kappa shape index (κ3) is 2.52. The van der Waals surface area contributed by atoms with Crippen LogP contribution in [0, 0.1) is 0 Å². The van der Waals surface area contributed by atoms with E-state index >= 15 is 0 Å². The molecule has 4 nitrogen and oxygen atoms in total. The Bertz CT molecular complexity index is 580. The number of nitrogens with zero attached hydrogens (tertiary/aromatic N) is 3. The Hall–Kier alpha value is -1.20. The second-order valence-electron chi connectivity index (χ2n) is 5.28. The summed E-state index contributed by atoms with van der Waals surface area (Å²) < 4.78 is 0. The van der Waals surface area contributed by atoms with Gasteiger partial charge in [0.2, 0.25) is 0 Å². The quantitative estimate of drug-likeness (QED) is 0.919. The summed E-state index contributed by atoms with van der Waals surface area (Å²) in [4.78, 5) is 14.0. The van der Waals surface area contributed by atoms with Gasteiger partial charge >= 0.3 is 0 Å². The molecule has 0 aliphatic carbocycles. The third-order valence-electron chi connectivity index (χ3n) is 3.99. The minimum atomic E-state index is 0.568. The van der Waals surface area contributed by atoms with Crippen LogP contribution in [0.3, 0.4) is 0 Å². The van der Waals surface area contributed by atoms with Gasteiger partial charge in [0, 0.05) is 24.0 Å². The van der Waals surface area contributed by atoms with E-state index < -0.39 is 0 Å². The van der Waals surface area contributed by atoms with Crippen LogP contribution in [0.1, 0.15) is 31.6 Å². The molecule has 0 bridgehead atoms. The lowest BCUT2D eigenvalue weighted by atomic mass is 10.2. The normalized spacial score (nSPS) is 19.1. The molecule has 108 valence electrons. The molecule has 3 rings (SSSR count). The van der Waals surface area contributed by atoms with Gasteiger partial charge in [-0.05, 0) is 31.9 Å². The Labute approximate surface area is 124 Å². The zero-order valence-electron chi connectivity index (χ0n) is 12.2. The van der Waals surface area contributed by atoms with Gasteiger partial charge in [-0.1, -0.05) is 13.8 Å². The maximum atomic E-state index is 4.59. The molecule has 5 heteroatoms. The molecule has 0 amide bonds. The van der Waals surface area contributed by atoms with Gasteiger partial charge in [0.05, 0.1) is 5.39 Å². The summed E-state index contributed by atoms with van der Waals surface area (Å²) >= 11 is 1.80. The molecule has 1 N–H and O–H groups in total. The fourth-order valence-corrected chi connectivity index (χ4v) is 3.86. The standard InChI is InChI=1S/C15H22N4S/c1-3-12-8-13-14(17-10-18-15(13)20-12)19-7-5-6-11(19)9-16-4-2/h8,10-11,16H,3-7,9H2,1-2H3. The van der Waals surface area contributed by atoms with Crippen LogP contribution < -0.4 is 10.2 Å². The molecule has 3 heterocycles. The van der Waals surface area contributed by atoms with E-state index in [1.54, 1.807) is 17.7 Å². The molecule has 1 saturated heterocycles. The van der Waals surface area contributed by atoms with Crippen molar-refractivity contribution < 1.29 is 0 Å². The van der Waals surface area contributed by atoms with Crippen molar-refractivity contribution in [3.63, 3.8) is 0 Å². The van der Waals surface area contributed by atoms with E-state index in [0.29, 0.717) is 6.04 Å². The summed E-state index contributed by atoms with van der Waals surface area (Å²) in [5, 5.41) is 4.71. The first-order chi connectivity index (χ1) is 9.83. The lowest BCUT2D eigenvalue weighted by molar-refractivity contribution is 0.585. The average Bonchev–Trinajstić information content (AvgIpc) is 3.10. The highest BCUT2D eigenvalue weighted by molar-refractivity contribution is 7.18. The fraction of sp³-hybridized carbons (Fsp3) is 0.600. The highest BCUT2D eigenvalue weighted by atomic mass is 32.1. The third-order valence-corrected chi connectivity index (χ3v) is 5.17. The van der Waals surface area contributed by atoms with Crippen molar-refractivity contribution in [2.75, 3.05) is 24.5 Å². The lowest BCUT2D eigenvalue weighted by Gasteiger charge is -2.26. The van der Waals surface area contributed by atoms with Crippen LogP contribution in [-0.2, 0) is 6.42 Å². The Morgan fingerprint density at radius 1 is 1.40 bits per heavy atom. The molecule has 0 spiro atoms. The summed E-state index contributed by atoms with van der Waals surface area (Å²) in [6.07, 6.45) is 5.30. The highest BCUT2D eigenvalue weighted by Gasteiger charge is 2.27. The van der Waals surface area contributed by atoms with Crippen molar-refractivity contribution >= 4 is 27.4 Å². The maximum Gasteiger partial charge on any atom is 0.141 e. The van der Waals surface area contributed by atoms with E-state index in [1.165, 1.54) is 23.1 Å². The predicted molar refractivity (Wildman–Crippen MR) is 85.7 cm³/mol. The number of aryl methyl sites for hydroxylation is 1. The first-order valence-corrected chi connectivity index (χ1v) is 8.36. The van der Waals surface area contributed by atoms with Crippen molar-refractivity contribution in [3.05, 3.63) is 17.3 Å². The van der Waals surface area contributed by atoms with Crippen molar-refractivity contribution in [2.45, 2.75) is 39.2 Å². The molecule has 2 aromatic heterocycles. The van der Waals surface area contributed by atoms with Crippen LogP contribution in [-0.4, -0.2) is 35.6 Å². The van der Waals surface area contributed by atoms with Gasteiger partial charge < -0.3 is 10.2 Å². The SMILES string of the molecule is CCNCC1CCCN1c1ncnc2sc(CC)cc12. The largest absolute Gasteiger partial charge is 0.352 e. The van der Waals surface area contributed by atoms with E-state index in [9.17, 15) is 0 Å². The summed E-state index contributed by atoms with van der Waals surface area (Å²) in [6.45, 7) is 7.55. The molecule has 0 radical (unpaired) electrons. The second kappa shape index (κ2) is 6.06. The summed E-state index contributed by atoms with van der Waals surface area (Å²) in [5.41, 5.74) is 0. The molecule has 1 fully saturated rings. The topological polar surface area (TPSA) is 41.0 Å². The minimum absolute atomic E-state index is 0.568. The van der Waals surface area contributed by atoms with Gasteiger partial charge in [-0.25, -0.2) is 9.97 Å². The summed E-state index contributed by atoms with van der Waals surface area (Å²) in [5.74, 6) is 1.13. The zero-order chi connectivity index (χ0) is 13.9. The first-order valence-electron chi connectivity index (χ1n) is 7.54. The number of rotatable bonds is 5. The van der Waals surface area contributed by atoms with Crippen molar-refractivity contribution in [1.29, 1.82) is 0 Å². The molecule has 1 aliphatic rings. The van der Waals surface area contributed by atoms with Gasteiger partial charge in [0.25, 0.3) is 0 Å². The number of fused-ring (bicyclic) bond motifs is 1. The fourth-order valence-electron chi connectivity index (χ4n) is 2.93. The molecule has 1 unspecified atom stereocenters. The monoisotopic (exact) mass is 290 g/mol.